The maximum Gasteiger partial charge on any atom is 0.266 e. The third-order valence-electron chi connectivity index (χ3n) is 1.59. The number of nitrogens with one attached hydrogen (secondary N) is 1. The molecule has 0 amide bonds. The van der Waals surface area contributed by atoms with Gasteiger partial charge in [0.2, 0.25) is 0 Å². The van der Waals surface area contributed by atoms with Crippen molar-refractivity contribution in [3.05, 3.63) is 31.6 Å². The van der Waals surface area contributed by atoms with Gasteiger partial charge in [0, 0.05) is 10.2 Å². The number of nitrogens with zero attached hydrogens (tertiary/aromatic N) is 1. The molecule has 13 heavy (non-hydrogen) atoms. The minimum atomic E-state index is -0.537. The number of carbonyl (C=O) groups is 1. The van der Waals surface area contributed by atoms with E-state index in [1.807, 2.05) is 0 Å². The van der Waals surface area contributed by atoms with E-state index in [-0.39, 0.29) is 11.1 Å². The second kappa shape index (κ2) is 3.54. The van der Waals surface area contributed by atoms with Gasteiger partial charge in [0.25, 0.3) is 5.56 Å². The molecule has 0 saturated carbocycles. The fourth-order valence-corrected chi connectivity index (χ4v) is 1.33. The molecule has 1 aromatic rings. The third kappa shape index (κ3) is 1.53. The van der Waals surface area contributed by atoms with Crippen molar-refractivity contribution >= 4 is 22.2 Å². The Morgan fingerprint density at radius 1 is 1.62 bits per heavy atom. The molecule has 5 heteroatoms. The molecule has 1 heterocycles. The Hall–Kier alpha value is -1.41. The van der Waals surface area contributed by atoms with Crippen molar-refractivity contribution < 1.29 is 4.79 Å². The van der Waals surface area contributed by atoms with E-state index in [0.717, 1.165) is 0 Å². The number of nitriles is 1. The van der Waals surface area contributed by atoms with Crippen LogP contribution in [0.2, 0.25) is 0 Å². The quantitative estimate of drug-likeness (QED) is 0.749. The van der Waals surface area contributed by atoms with Crippen molar-refractivity contribution in [2.75, 3.05) is 0 Å². The molecule has 0 aromatic carbocycles. The van der Waals surface area contributed by atoms with Gasteiger partial charge in [-0.1, -0.05) is 0 Å². The van der Waals surface area contributed by atoms with Crippen LogP contribution in [0.3, 0.4) is 0 Å². The van der Waals surface area contributed by atoms with E-state index in [0.29, 0.717) is 16.5 Å². The van der Waals surface area contributed by atoms with Gasteiger partial charge in [-0.15, -0.1) is 0 Å². The minimum Gasteiger partial charge on any atom is -0.324 e. The number of aryl methyl sites for hydroxylation is 1. The summed E-state index contributed by atoms with van der Waals surface area (Å²) in [4.78, 5) is 24.2. The Labute approximate surface area is 82.3 Å². The summed E-state index contributed by atoms with van der Waals surface area (Å²) in [6.07, 6.45) is 0.491. The van der Waals surface area contributed by atoms with Gasteiger partial charge in [-0.25, -0.2) is 0 Å². The molecule has 0 unspecified atom stereocenters. The van der Waals surface area contributed by atoms with Crippen molar-refractivity contribution in [1.82, 2.24) is 4.98 Å². The average Bonchev–Trinajstić information content (AvgIpc) is 2.10. The summed E-state index contributed by atoms with van der Waals surface area (Å²) in [5.74, 6) is 0. The molecule has 0 spiro atoms. The number of aromatic amines is 1. The number of aromatic nitrogens is 1. The summed E-state index contributed by atoms with van der Waals surface area (Å²) in [5, 5.41) is 8.60. The topological polar surface area (TPSA) is 73.7 Å². The summed E-state index contributed by atoms with van der Waals surface area (Å²) < 4.78 is 0.457. The molecule has 0 aliphatic carbocycles. The fraction of sp³-hybridized carbons (Fsp3) is 0.125. The highest BCUT2D eigenvalue weighted by Gasteiger charge is 2.12. The van der Waals surface area contributed by atoms with E-state index in [1.54, 1.807) is 13.0 Å². The second-order valence-corrected chi connectivity index (χ2v) is 3.20. The SMILES string of the molecule is Cc1[nH]c(=O)c(C#N)c(C=O)c1Br. The number of carbonyl (C=O) groups excluding carboxylic acids is 1. The van der Waals surface area contributed by atoms with Crippen LogP contribution in [0, 0.1) is 18.3 Å². The summed E-state index contributed by atoms with van der Waals surface area (Å²) in [6, 6.07) is 1.68. The fourth-order valence-electron chi connectivity index (χ4n) is 0.943. The van der Waals surface area contributed by atoms with E-state index < -0.39 is 5.56 Å². The molecule has 1 aromatic heterocycles. The van der Waals surface area contributed by atoms with Crippen molar-refractivity contribution in [2.45, 2.75) is 6.92 Å². The maximum absolute atomic E-state index is 11.1. The van der Waals surface area contributed by atoms with Crippen LogP contribution >= 0.6 is 15.9 Å². The van der Waals surface area contributed by atoms with Gasteiger partial charge in [0.15, 0.2) is 6.29 Å². The highest BCUT2D eigenvalue weighted by molar-refractivity contribution is 9.10. The first-order valence-electron chi connectivity index (χ1n) is 3.39. The third-order valence-corrected chi connectivity index (χ3v) is 2.61. The Morgan fingerprint density at radius 3 is 2.69 bits per heavy atom. The van der Waals surface area contributed by atoms with Crippen molar-refractivity contribution in [3.63, 3.8) is 0 Å². The molecule has 66 valence electrons. The molecule has 0 saturated heterocycles. The number of pyridine rings is 1. The summed E-state index contributed by atoms with van der Waals surface area (Å²) in [6.45, 7) is 1.64. The first-order chi connectivity index (χ1) is 6.11. The van der Waals surface area contributed by atoms with Gasteiger partial charge < -0.3 is 4.98 Å². The van der Waals surface area contributed by atoms with Gasteiger partial charge in [-0.05, 0) is 22.9 Å². The van der Waals surface area contributed by atoms with Crippen LogP contribution in [-0.2, 0) is 0 Å². The van der Waals surface area contributed by atoms with Crippen LogP contribution in [-0.4, -0.2) is 11.3 Å². The zero-order chi connectivity index (χ0) is 10.0. The average molecular weight is 241 g/mol. The summed E-state index contributed by atoms with van der Waals surface area (Å²) in [7, 11) is 0. The number of hydrogen-bond donors (Lipinski definition) is 1. The standard InChI is InChI=1S/C8H5BrN2O2/c1-4-7(9)6(3-12)5(2-10)8(13)11-4/h3H,1H3,(H,11,13). The maximum atomic E-state index is 11.1. The molecule has 4 nitrogen and oxygen atoms in total. The van der Waals surface area contributed by atoms with Crippen molar-refractivity contribution in [3.8, 4) is 6.07 Å². The lowest BCUT2D eigenvalue weighted by molar-refractivity contribution is 0.112. The number of aldehydes is 1. The predicted molar refractivity (Wildman–Crippen MR) is 49.6 cm³/mol. The van der Waals surface area contributed by atoms with E-state index >= 15 is 0 Å². The van der Waals surface area contributed by atoms with E-state index in [2.05, 4.69) is 20.9 Å². The van der Waals surface area contributed by atoms with Crippen molar-refractivity contribution in [2.24, 2.45) is 0 Å². The van der Waals surface area contributed by atoms with Gasteiger partial charge in [0.1, 0.15) is 11.6 Å². The predicted octanol–water partition coefficient (Wildman–Crippen LogP) is 1.13. The molecule has 0 fully saturated rings. The highest BCUT2D eigenvalue weighted by atomic mass is 79.9. The molecule has 0 bridgehead atoms. The number of rotatable bonds is 1. The zero-order valence-electron chi connectivity index (χ0n) is 6.72. The van der Waals surface area contributed by atoms with E-state index in [1.165, 1.54) is 0 Å². The summed E-state index contributed by atoms with van der Waals surface area (Å²) in [5.41, 5.74) is -0.0624. The molecule has 0 radical (unpaired) electrons. The Kier molecular flexibility index (Phi) is 2.63. The first kappa shape index (κ1) is 9.68. The lowest BCUT2D eigenvalue weighted by atomic mass is 10.1. The zero-order valence-corrected chi connectivity index (χ0v) is 8.31. The van der Waals surface area contributed by atoms with Gasteiger partial charge >= 0.3 is 0 Å². The van der Waals surface area contributed by atoms with Crippen LogP contribution in [0.4, 0.5) is 0 Å². The summed E-state index contributed by atoms with van der Waals surface area (Å²) >= 11 is 3.11. The molecule has 0 aliphatic heterocycles. The highest BCUT2D eigenvalue weighted by Crippen LogP contribution is 2.18. The van der Waals surface area contributed by atoms with Gasteiger partial charge in [0.05, 0.1) is 5.56 Å². The van der Waals surface area contributed by atoms with Crippen LogP contribution in [0.15, 0.2) is 9.27 Å². The van der Waals surface area contributed by atoms with Crippen LogP contribution in [0.1, 0.15) is 21.6 Å². The molecule has 1 N–H and O–H groups in total. The Morgan fingerprint density at radius 2 is 2.23 bits per heavy atom. The number of H-pyrrole nitrogens is 1. The monoisotopic (exact) mass is 240 g/mol. The van der Waals surface area contributed by atoms with Gasteiger partial charge in [-0.2, -0.15) is 5.26 Å². The lowest BCUT2D eigenvalue weighted by Gasteiger charge is -2.01. The molecular weight excluding hydrogens is 236 g/mol. The van der Waals surface area contributed by atoms with Crippen molar-refractivity contribution in [1.29, 1.82) is 5.26 Å². The molecule has 1 rings (SSSR count). The smallest absolute Gasteiger partial charge is 0.266 e. The second-order valence-electron chi connectivity index (χ2n) is 2.41. The molecule has 0 atom stereocenters. The Bertz CT molecular complexity index is 456. The molecular formula is C8H5BrN2O2. The molecule has 0 aliphatic rings. The number of halogens is 1. The van der Waals surface area contributed by atoms with E-state index in [9.17, 15) is 9.59 Å². The minimum absolute atomic E-state index is 0.101. The number of hydrogen-bond acceptors (Lipinski definition) is 3. The van der Waals surface area contributed by atoms with Gasteiger partial charge in [-0.3, -0.25) is 9.59 Å². The first-order valence-corrected chi connectivity index (χ1v) is 4.18. The van der Waals surface area contributed by atoms with Crippen LogP contribution in [0.5, 0.6) is 0 Å². The Balaban J connectivity index is 3.73. The normalized spacial score (nSPS) is 9.31. The van der Waals surface area contributed by atoms with Crippen LogP contribution < -0.4 is 5.56 Å². The lowest BCUT2D eigenvalue weighted by Crippen LogP contribution is -2.15. The largest absolute Gasteiger partial charge is 0.324 e. The van der Waals surface area contributed by atoms with E-state index in [4.69, 9.17) is 5.26 Å². The van der Waals surface area contributed by atoms with Crippen LogP contribution in [0.25, 0.3) is 0 Å².